The lowest BCUT2D eigenvalue weighted by molar-refractivity contribution is -0.646. The molecule has 134 valence electrons. The molecule has 4 amide bonds. The van der Waals surface area contributed by atoms with E-state index in [1.54, 1.807) is 4.90 Å². The number of rotatable bonds is 4. The minimum atomic E-state index is -0.389. The average molecular weight is 337 g/mol. The Bertz CT molecular complexity index is 518. The van der Waals surface area contributed by atoms with E-state index in [4.69, 9.17) is 0 Å². The lowest BCUT2D eigenvalue weighted by atomic mass is 9.93. The van der Waals surface area contributed by atoms with E-state index in [9.17, 15) is 14.4 Å². The minimum Gasteiger partial charge on any atom is -0.348 e. The van der Waals surface area contributed by atoms with Crippen LogP contribution in [0.1, 0.15) is 51.9 Å². The molecule has 3 N–H and O–H groups in total. The highest BCUT2D eigenvalue weighted by Crippen LogP contribution is 2.32. The molecule has 0 aromatic carbocycles. The summed E-state index contributed by atoms with van der Waals surface area (Å²) in [6.45, 7) is 2.41. The molecule has 2 aliphatic heterocycles. The zero-order valence-corrected chi connectivity index (χ0v) is 14.7. The van der Waals surface area contributed by atoms with Crippen LogP contribution in [0.4, 0.5) is 4.79 Å². The van der Waals surface area contributed by atoms with E-state index < -0.39 is 0 Å². The highest BCUT2D eigenvalue weighted by molar-refractivity contribution is 6.04. The molecule has 0 unspecified atom stereocenters. The maximum absolute atomic E-state index is 12.8. The number of amides is 4. The summed E-state index contributed by atoms with van der Waals surface area (Å²) in [5.41, 5.74) is 0. The van der Waals surface area contributed by atoms with Crippen LogP contribution in [0.5, 0.6) is 0 Å². The van der Waals surface area contributed by atoms with Gasteiger partial charge in [-0.2, -0.15) is 0 Å². The van der Waals surface area contributed by atoms with Crippen molar-refractivity contribution in [3.05, 3.63) is 0 Å². The molecule has 3 aliphatic rings. The van der Waals surface area contributed by atoms with E-state index in [1.807, 2.05) is 19.3 Å². The lowest BCUT2D eigenvalue weighted by Crippen LogP contribution is -2.88. The van der Waals surface area contributed by atoms with Crippen molar-refractivity contribution in [2.75, 3.05) is 13.6 Å². The number of nitrogens with one attached hydrogen (secondary N) is 1. The van der Waals surface area contributed by atoms with Crippen LogP contribution in [0.3, 0.4) is 0 Å². The molecule has 1 aliphatic carbocycles. The van der Waals surface area contributed by atoms with Gasteiger partial charge in [-0.15, -0.1) is 0 Å². The molecular weight excluding hydrogens is 308 g/mol. The molecule has 7 heteroatoms. The van der Waals surface area contributed by atoms with Gasteiger partial charge in [0.15, 0.2) is 6.04 Å². The fraction of sp³-hybridized carbons (Fsp3) is 0.824. The smallest absolute Gasteiger partial charge is 0.327 e. The van der Waals surface area contributed by atoms with Crippen molar-refractivity contribution < 1.29 is 19.7 Å². The summed E-state index contributed by atoms with van der Waals surface area (Å²) < 4.78 is 0. The maximum Gasteiger partial charge on any atom is 0.327 e. The first-order chi connectivity index (χ1) is 11.5. The van der Waals surface area contributed by atoms with Crippen molar-refractivity contribution in [3.63, 3.8) is 0 Å². The van der Waals surface area contributed by atoms with Crippen molar-refractivity contribution in [2.45, 2.75) is 76.0 Å². The number of quaternary nitrogens is 1. The molecule has 3 rings (SSSR count). The Morgan fingerprint density at radius 3 is 2.58 bits per heavy atom. The van der Waals surface area contributed by atoms with Gasteiger partial charge in [0.2, 0.25) is 0 Å². The molecule has 3 atom stereocenters. The second-order valence-electron chi connectivity index (χ2n) is 7.34. The quantitative estimate of drug-likeness (QED) is 0.697. The zero-order chi connectivity index (χ0) is 17.3. The second kappa shape index (κ2) is 7.09. The summed E-state index contributed by atoms with van der Waals surface area (Å²) in [5, 5.41) is 4.89. The van der Waals surface area contributed by atoms with E-state index in [2.05, 4.69) is 5.32 Å². The van der Waals surface area contributed by atoms with Crippen LogP contribution in [0.15, 0.2) is 0 Å². The number of nitrogens with zero attached hydrogens (tertiary/aromatic N) is 2. The number of carbonyl (C=O) groups excluding carboxylic acids is 3. The molecule has 2 heterocycles. The topological polar surface area (TPSA) is 86.3 Å². The fourth-order valence-corrected chi connectivity index (χ4v) is 4.11. The number of imide groups is 1. The van der Waals surface area contributed by atoms with Gasteiger partial charge >= 0.3 is 6.03 Å². The maximum atomic E-state index is 12.8. The van der Waals surface area contributed by atoms with Gasteiger partial charge in [0.05, 0.1) is 7.05 Å². The number of hydrogen-bond donors (Lipinski definition) is 2. The predicted octanol–water partition coefficient (Wildman–Crippen LogP) is -0.188. The molecule has 3 fully saturated rings. The molecule has 0 bridgehead atoms. The van der Waals surface area contributed by atoms with Gasteiger partial charge in [0.1, 0.15) is 6.04 Å². The molecule has 0 radical (unpaired) electrons. The highest BCUT2D eigenvalue weighted by Gasteiger charge is 2.50. The summed E-state index contributed by atoms with van der Waals surface area (Å²) in [6.07, 6.45) is 6.50. The van der Waals surface area contributed by atoms with Crippen LogP contribution in [0.2, 0.25) is 0 Å². The van der Waals surface area contributed by atoms with Gasteiger partial charge in [-0.25, -0.2) is 4.79 Å². The Morgan fingerprint density at radius 2 is 1.92 bits per heavy atom. The number of likely N-dealkylation sites (N-methyl/N-ethyl adjacent to an activating group) is 1. The molecule has 7 nitrogen and oxygen atoms in total. The minimum absolute atomic E-state index is 0.00291. The summed E-state index contributed by atoms with van der Waals surface area (Å²) >= 11 is 0. The van der Waals surface area contributed by atoms with Gasteiger partial charge in [-0.1, -0.05) is 19.3 Å². The van der Waals surface area contributed by atoms with E-state index in [0.717, 1.165) is 32.1 Å². The molecule has 2 saturated heterocycles. The summed E-state index contributed by atoms with van der Waals surface area (Å²) in [5.74, 6) is -0.0576. The lowest BCUT2D eigenvalue weighted by Gasteiger charge is -2.33. The first-order valence-electron chi connectivity index (χ1n) is 9.26. The van der Waals surface area contributed by atoms with Crippen LogP contribution >= 0.6 is 0 Å². The van der Waals surface area contributed by atoms with Crippen LogP contribution in [0, 0.1) is 0 Å². The number of piperidine rings is 1. The molecule has 0 spiro atoms. The van der Waals surface area contributed by atoms with Gasteiger partial charge in [-0.3, -0.25) is 14.5 Å². The van der Waals surface area contributed by atoms with Crippen molar-refractivity contribution >= 4 is 17.8 Å². The van der Waals surface area contributed by atoms with E-state index in [0.29, 0.717) is 13.0 Å². The first-order valence-corrected chi connectivity index (χ1v) is 9.26. The number of urea groups is 1. The monoisotopic (exact) mass is 337 g/mol. The summed E-state index contributed by atoms with van der Waals surface area (Å²) in [4.78, 5) is 40.8. The number of carbonyl (C=O) groups is 3. The highest BCUT2D eigenvalue weighted by atomic mass is 16.2. The van der Waals surface area contributed by atoms with Crippen molar-refractivity contribution in [1.29, 1.82) is 0 Å². The third-order valence-electron chi connectivity index (χ3n) is 5.78. The first kappa shape index (κ1) is 17.2. The molecule has 1 saturated carbocycles. The van der Waals surface area contributed by atoms with Crippen LogP contribution in [-0.4, -0.2) is 65.4 Å². The largest absolute Gasteiger partial charge is 0.348 e. The Morgan fingerprint density at radius 1 is 1.21 bits per heavy atom. The van der Waals surface area contributed by atoms with Crippen LogP contribution in [0.25, 0.3) is 0 Å². The standard InChI is InChI=1S/C17H28N4O3/c1-11(18-2)15(22)19-12-8-9-20-14(10-12)16(23)21(17(20)24)13-6-4-3-5-7-13/h11-14,18H,3-10H2,1-2H3,(H,19,22)/p+1/t11-,12-,14-/m0/s1. The number of fused-ring (bicyclic) bond motifs is 1. The average Bonchev–Trinajstić information content (AvgIpc) is 2.85. The van der Waals surface area contributed by atoms with Crippen molar-refractivity contribution in [1.82, 2.24) is 15.1 Å². The van der Waals surface area contributed by atoms with Crippen LogP contribution < -0.4 is 10.6 Å². The van der Waals surface area contributed by atoms with Gasteiger partial charge in [-0.05, 0) is 32.6 Å². The van der Waals surface area contributed by atoms with Gasteiger partial charge in [0.25, 0.3) is 11.8 Å². The SMILES string of the molecule is C[NH2+][C@@H](C)C(=O)N[C@H]1CCN2C(=O)N(C3CCCCC3)C(=O)[C@@H]2C1. The summed E-state index contributed by atoms with van der Waals surface area (Å²) in [7, 11) is 1.87. The molecule has 24 heavy (non-hydrogen) atoms. The van der Waals surface area contributed by atoms with E-state index >= 15 is 0 Å². The zero-order valence-electron chi connectivity index (χ0n) is 14.7. The number of nitrogens with two attached hydrogens (primary N) is 1. The molecular formula is C17H29N4O3+. The van der Waals surface area contributed by atoms with Crippen LogP contribution in [-0.2, 0) is 9.59 Å². The Balaban J connectivity index is 1.65. The van der Waals surface area contributed by atoms with Crippen molar-refractivity contribution in [3.8, 4) is 0 Å². The van der Waals surface area contributed by atoms with Gasteiger partial charge in [0, 0.05) is 18.6 Å². The second-order valence-corrected chi connectivity index (χ2v) is 7.34. The Hall–Kier alpha value is -1.63. The fourth-order valence-electron chi connectivity index (χ4n) is 4.11. The molecule has 0 aromatic heterocycles. The Labute approximate surface area is 143 Å². The Kier molecular flexibility index (Phi) is 5.08. The normalized spacial score (nSPS) is 29.6. The summed E-state index contributed by atoms with van der Waals surface area (Å²) in [6, 6.07) is -0.588. The third-order valence-corrected chi connectivity index (χ3v) is 5.78. The van der Waals surface area contributed by atoms with Crippen molar-refractivity contribution in [2.24, 2.45) is 0 Å². The third kappa shape index (κ3) is 3.14. The number of hydrogen-bond acceptors (Lipinski definition) is 3. The van der Waals surface area contributed by atoms with Gasteiger partial charge < -0.3 is 15.5 Å². The predicted molar refractivity (Wildman–Crippen MR) is 88.1 cm³/mol. The molecule has 0 aromatic rings. The van der Waals surface area contributed by atoms with E-state index in [1.165, 1.54) is 11.3 Å². The van der Waals surface area contributed by atoms with E-state index in [-0.39, 0.29) is 42.0 Å².